The van der Waals surface area contributed by atoms with Crippen LogP contribution in [0.4, 0.5) is 11.6 Å². The van der Waals surface area contributed by atoms with Crippen LogP contribution >= 0.6 is 0 Å². The number of primary amides is 1. The first-order valence-electron chi connectivity index (χ1n) is 8.35. The van der Waals surface area contributed by atoms with Crippen molar-refractivity contribution in [3.05, 3.63) is 81.8 Å². The molecule has 1 amide bonds. The van der Waals surface area contributed by atoms with Gasteiger partial charge in [-0.2, -0.15) is 4.98 Å². The van der Waals surface area contributed by atoms with Gasteiger partial charge in [0.15, 0.2) is 0 Å². The van der Waals surface area contributed by atoms with Crippen molar-refractivity contribution in [2.24, 2.45) is 5.73 Å². The molecule has 1 heterocycles. The Labute approximate surface area is 156 Å². The average Bonchev–Trinajstić information content (AvgIpc) is 2.66. The van der Waals surface area contributed by atoms with E-state index in [0.29, 0.717) is 23.7 Å². The van der Waals surface area contributed by atoms with Gasteiger partial charge in [0.25, 0.3) is 0 Å². The average molecular weight is 364 g/mol. The smallest absolute Gasteiger partial charge is 0.316 e. The highest BCUT2D eigenvalue weighted by Crippen LogP contribution is 2.22. The van der Waals surface area contributed by atoms with Gasteiger partial charge in [0.1, 0.15) is 0 Å². The molecule has 0 saturated heterocycles. The summed E-state index contributed by atoms with van der Waals surface area (Å²) < 4.78 is 6.90. The van der Waals surface area contributed by atoms with Gasteiger partial charge in [-0.25, -0.2) is 0 Å². The van der Waals surface area contributed by atoms with E-state index in [-0.39, 0.29) is 5.75 Å². The van der Waals surface area contributed by atoms with Crippen LogP contribution in [0, 0.1) is 6.92 Å². The second-order valence-electron chi connectivity index (χ2n) is 6.07. The second kappa shape index (κ2) is 7.74. The number of nitrogens with one attached hydrogen (secondary N) is 1. The third-order valence-corrected chi connectivity index (χ3v) is 4.15. The Morgan fingerprint density at radius 1 is 1.22 bits per heavy atom. The summed E-state index contributed by atoms with van der Waals surface area (Å²) in [5.74, 6) is -0.0316. The van der Waals surface area contributed by atoms with Gasteiger partial charge in [-0.3, -0.25) is 9.59 Å². The normalized spacial score (nSPS) is 10.4. The molecule has 1 aromatic heterocycles. The van der Waals surface area contributed by atoms with Gasteiger partial charge in [-0.15, -0.1) is 0 Å². The van der Waals surface area contributed by atoms with Crippen molar-refractivity contribution in [1.82, 2.24) is 9.55 Å². The standard InChI is InChI=1S/C20H20N4O3/c1-13-8-9-15(18(21)25)10-16(13)22-20-23-19(26)17(27-2)12-24(20)11-14-6-4-3-5-7-14/h3-10,12H,11H2,1-2H3,(H2,21,25)(H,22,23,26). The van der Waals surface area contributed by atoms with Gasteiger partial charge < -0.3 is 20.4 Å². The van der Waals surface area contributed by atoms with Crippen molar-refractivity contribution in [3.63, 3.8) is 0 Å². The maximum Gasteiger partial charge on any atom is 0.316 e. The Hall–Kier alpha value is -3.61. The molecule has 3 aromatic rings. The molecule has 7 nitrogen and oxygen atoms in total. The maximum atomic E-state index is 12.2. The number of benzene rings is 2. The summed E-state index contributed by atoms with van der Waals surface area (Å²) in [6, 6.07) is 14.9. The SMILES string of the molecule is COc1cn(Cc2ccccc2)c(Nc2cc(C(N)=O)ccc2C)nc1=O. The molecule has 0 bridgehead atoms. The van der Waals surface area contributed by atoms with E-state index in [4.69, 9.17) is 10.5 Å². The first-order valence-corrected chi connectivity index (χ1v) is 8.35. The van der Waals surface area contributed by atoms with Crippen LogP contribution in [0.1, 0.15) is 21.5 Å². The van der Waals surface area contributed by atoms with E-state index in [1.807, 2.05) is 37.3 Å². The number of aromatic nitrogens is 2. The quantitative estimate of drug-likeness (QED) is 0.700. The Kier molecular flexibility index (Phi) is 5.21. The van der Waals surface area contributed by atoms with E-state index in [1.165, 1.54) is 7.11 Å². The lowest BCUT2D eigenvalue weighted by Gasteiger charge is -2.16. The number of hydrogen-bond donors (Lipinski definition) is 2. The topological polar surface area (TPSA) is 99.2 Å². The summed E-state index contributed by atoms with van der Waals surface area (Å²) in [7, 11) is 1.43. The number of ether oxygens (including phenoxy) is 1. The van der Waals surface area contributed by atoms with E-state index in [9.17, 15) is 9.59 Å². The molecule has 7 heteroatoms. The first kappa shape index (κ1) is 18.2. The van der Waals surface area contributed by atoms with Gasteiger partial charge in [-0.1, -0.05) is 36.4 Å². The van der Waals surface area contributed by atoms with Crippen molar-refractivity contribution in [2.75, 3.05) is 12.4 Å². The molecule has 0 aliphatic heterocycles. The number of amides is 1. The van der Waals surface area contributed by atoms with Crippen molar-refractivity contribution in [1.29, 1.82) is 0 Å². The molecule has 0 atom stereocenters. The number of carbonyl (C=O) groups excluding carboxylic acids is 1. The van der Waals surface area contributed by atoms with Crippen molar-refractivity contribution in [3.8, 4) is 5.75 Å². The molecule has 2 aromatic carbocycles. The zero-order valence-electron chi connectivity index (χ0n) is 15.1. The number of anilines is 2. The predicted molar refractivity (Wildman–Crippen MR) is 104 cm³/mol. The number of methoxy groups -OCH3 is 1. The monoisotopic (exact) mass is 364 g/mol. The zero-order valence-corrected chi connectivity index (χ0v) is 15.1. The Bertz CT molecular complexity index is 1030. The number of nitrogens with zero attached hydrogens (tertiary/aromatic N) is 2. The van der Waals surface area contributed by atoms with Crippen molar-refractivity contribution < 1.29 is 9.53 Å². The molecule has 0 aliphatic carbocycles. The van der Waals surface area contributed by atoms with E-state index >= 15 is 0 Å². The molecule has 0 fully saturated rings. The Morgan fingerprint density at radius 2 is 1.96 bits per heavy atom. The highest BCUT2D eigenvalue weighted by Gasteiger charge is 2.12. The van der Waals surface area contributed by atoms with Gasteiger partial charge in [-0.05, 0) is 30.2 Å². The summed E-state index contributed by atoms with van der Waals surface area (Å²) in [5.41, 5.74) is 7.82. The molecular formula is C20H20N4O3. The summed E-state index contributed by atoms with van der Waals surface area (Å²) in [5, 5.41) is 3.14. The summed E-state index contributed by atoms with van der Waals surface area (Å²) >= 11 is 0. The van der Waals surface area contributed by atoms with Crippen LogP contribution in [0.3, 0.4) is 0 Å². The van der Waals surface area contributed by atoms with Crippen molar-refractivity contribution in [2.45, 2.75) is 13.5 Å². The number of hydrogen-bond acceptors (Lipinski definition) is 5. The summed E-state index contributed by atoms with van der Waals surface area (Å²) in [6.07, 6.45) is 1.61. The fourth-order valence-electron chi connectivity index (χ4n) is 2.64. The molecule has 27 heavy (non-hydrogen) atoms. The van der Waals surface area contributed by atoms with Gasteiger partial charge in [0, 0.05) is 11.3 Å². The summed E-state index contributed by atoms with van der Waals surface area (Å²) in [6.45, 7) is 2.37. The Morgan fingerprint density at radius 3 is 2.63 bits per heavy atom. The van der Waals surface area contributed by atoms with Crippen LogP contribution in [0.25, 0.3) is 0 Å². The van der Waals surface area contributed by atoms with Crippen LogP contribution in [0.2, 0.25) is 0 Å². The predicted octanol–water partition coefficient (Wildman–Crippen LogP) is 2.45. The van der Waals surface area contributed by atoms with E-state index < -0.39 is 11.5 Å². The lowest BCUT2D eigenvalue weighted by molar-refractivity contribution is 0.100. The second-order valence-corrected chi connectivity index (χ2v) is 6.07. The maximum absolute atomic E-state index is 12.2. The van der Waals surface area contributed by atoms with Crippen LogP contribution in [-0.2, 0) is 6.54 Å². The number of nitrogens with two attached hydrogens (primary N) is 1. The van der Waals surface area contributed by atoms with Crippen molar-refractivity contribution >= 4 is 17.5 Å². The third-order valence-electron chi connectivity index (χ3n) is 4.15. The third kappa shape index (κ3) is 4.14. The number of aryl methyl sites for hydroxylation is 1. The van der Waals surface area contributed by atoms with Gasteiger partial charge >= 0.3 is 5.56 Å². The highest BCUT2D eigenvalue weighted by molar-refractivity contribution is 5.94. The largest absolute Gasteiger partial charge is 0.490 e. The van der Waals surface area contributed by atoms with Crippen LogP contribution in [0.5, 0.6) is 5.75 Å². The minimum absolute atomic E-state index is 0.152. The lowest BCUT2D eigenvalue weighted by Crippen LogP contribution is -2.19. The minimum Gasteiger partial charge on any atom is -0.490 e. The molecular weight excluding hydrogens is 344 g/mol. The number of carbonyl (C=O) groups is 1. The van der Waals surface area contributed by atoms with E-state index in [2.05, 4.69) is 10.3 Å². The molecule has 3 N–H and O–H groups in total. The molecule has 0 saturated carbocycles. The van der Waals surface area contributed by atoms with Crippen LogP contribution in [-0.4, -0.2) is 22.6 Å². The van der Waals surface area contributed by atoms with E-state index in [1.54, 1.807) is 29.0 Å². The first-order chi connectivity index (χ1) is 13.0. The van der Waals surface area contributed by atoms with E-state index in [0.717, 1.165) is 11.1 Å². The van der Waals surface area contributed by atoms with Crippen LogP contribution in [0.15, 0.2) is 59.5 Å². The highest BCUT2D eigenvalue weighted by atomic mass is 16.5. The fraction of sp³-hybridized carbons (Fsp3) is 0.150. The number of rotatable bonds is 6. The fourth-order valence-corrected chi connectivity index (χ4v) is 2.64. The molecule has 0 spiro atoms. The minimum atomic E-state index is -0.526. The molecule has 0 unspecified atom stereocenters. The molecule has 3 rings (SSSR count). The molecule has 0 aliphatic rings. The zero-order chi connectivity index (χ0) is 19.4. The molecule has 0 radical (unpaired) electrons. The van der Waals surface area contributed by atoms with Gasteiger partial charge in [0.05, 0.1) is 19.9 Å². The Balaban J connectivity index is 2.04. The van der Waals surface area contributed by atoms with Gasteiger partial charge in [0.2, 0.25) is 17.6 Å². The summed E-state index contributed by atoms with van der Waals surface area (Å²) in [4.78, 5) is 27.7. The lowest BCUT2D eigenvalue weighted by atomic mass is 10.1. The van der Waals surface area contributed by atoms with Crippen LogP contribution < -0.4 is 21.3 Å². The molecule has 138 valence electrons.